The van der Waals surface area contributed by atoms with Crippen LogP contribution in [0.25, 0.3) is 0 Å². The fourth-order valence-electron chi connectivity index (χ4n) is 2.15. The maximum absolute atomic E-state index is 11.7. The van der Waals surface area contributed by atoms with Crippen LogP contribution >= 0.6 is 23.2 Å². The number of carbonyl (C=O) groups excluding carboxylic acids is 1. The van der Waals surface area contributed by atoms with Crippen molar-refractivity contribution < 1.29 is 9.53 Å². The van der Waals surface area contributed by atoms with E-state index in [9.17, 15) is 4.79 Å². The Morgan fingerprint density at radius 2 is 1.90 bits per heavy atom. The normalized spacial score (nSPS) is 15.7. The van der Waals surface area contributed by atoms with E-state index in [1.807, 2.05) is 0 Å². The first kappa shape index (κ1) is 16.4. The number of halogens is 2. The van der Waals surface area contributed by atoms with Gasteiger partial charge in [0.2, 0.25) is 0 Å². The summed E-state index contributed by atoms with van der Waals surface area (Å²) in [5, 5.41) is 9.65. The second-order valence-corrected chi connectivity index (χ2v) is 5.73. The van der Waals surface area contributed by atoms with Gasteiger partial charge in [0, 0.05) is 22.3 Å². The van der Waals surface area contributed by atoms with Crippen molar-refractivity contribution in [2.24, 2.45) is 0 Å². The van der Waals surface area contributed by atoms with Crippen molar-refractivity contribution in [1.29, 1.82) is 0 Å². The van der Waals surface area contributed by atoms with Crippen molar-refractivity contribution in [2.75, 3.05) is 31.6 Å². The van der Waals surface area contributed by atoms with E-state index < -0.39 is 0 Å². The minimum Gasteiger partial charge on any atom is -0.376 e. The molecule has 1 saturated heterocycles. The predicted molar refractivity (Wildman–Crippen MR) is 85.3 cm³/mol. The molecule has 1 aliphatic heterocycles. The molecule has 2 rings (SSSR count). The smallest absolute Gasteiger partial charge is 0.319 e. The Balaban J connectivity index is 1.65. The summed E-state index contributed by atoms with van der Waals surface area (Å²) >= 11 is 11.7. The Labute approximate surface area is 134 Å². The summed E-state index contributed by atoms with van der Waals surface area (Å²) in [5.74, 6) is 0. The molecule has 116 valence electrons. The molecule has 5 nitrogen and oxygen atoms in total. The molecule has 1 aromatic carbocycles. The van der Waals surface area contributed by atoms with E-state index in [0.717, 1.165) is 25.9 Å². The number of carbonyl (C=O) groups is 1. The summed E-state index contributed by atoms with van der Waals surface area (Å²) in [6.45, 7) is 2.96. The molecule has 0 spiro atoms. The highest BCUT2D eigenvalue weighted by Crippen LogP contribution is 2.22. The fraction of sp³-hybridized carbons (Fsp3) is 0.500. The number of ether oxygens (including phenoxy) is 1. The molecule has 1 aliphatic rings. The van der Waals surface area contributed by atoms with Gasteiger partial charge in [0.15, 0.2) is 0 Å². The number of hydrogen-bond acceptors (Lipinski definition) is 3. The average Bonchev–Trinajstić information content (AvgIpc) is 2.43. The van der Waals surface area contributed by atoms with Crippen molar-refractivity contribution in [2.45, 2.75) is 18.9 Å². The molecule has 0 aliphatic carbocycles. The molecular formula is C14H19Cl2N3O2. The molecule has 1 aromatic rings. The van der Waals surface area contributed by atoms with Gasteiger partial charge in [-0.2, -0.15) is 0 Å². The van der Waals surface area contributed by atoms with Crippen LogP contribution in [-0.2, 0) is 4.74 Å². The number of anilines is 1. The summed E-state index contributed by atoms with van der Waals surface area (Å²) < 4.78 is 5.70. The molecule has 3 N–H and O–H groups in total. The van der Waals surface area contributed by atoms with Gasteiger partial charge in [-0.05, 0) is 44.1 Å². The summed E-state index contributed by atoms with van der Waals surface area (Å²) in [7, 11) is 0. The zero-order valence-corrected chi connectivity index (χ0v) is 13.1. The summed E-state index contributed by atoms with van der Waals surface area (Å²) in [4.78, 5) is 11.7. The van der Waals surface area contributed by atoms with Gasteiger partial charge in [-0.15, -0.1) is 0 Å². The van der Waals surface area contributed by atoms with Crippen molar-refractivity contribution in [1.82, 2.24) is 10.6 Å². The maximum atomic E-state index is 11.7. The third kappa shape index (κ3) is 6.09. The molecule has 2 amide bonds. The van der Waals surface area contributed by atoms with Gasteiger partial charge in [0.1, 0.15) is 0 Å². The number of hydrogen-bond donors (Lipinski definition) is 3. The number of amides is 2. The Morgan fingerprint density at radius 3 is 2.57 bits per heavy atom. The zero-order valence-electron chi connectivity index (χ0n) is 11.6. The number of urea groups is 1. The van der Waals surface area contributed by atoms with Gasteiger partial charge in [0.05, 0.1) is 12.7 Å². The molecule has 0 aromatic heterocycles. The lowest BCUT2D eigenvalue weighted by Gasteiger charge is -2.22. The highest BCUT2D eigenvalue weighted by Gasteiger charge is 2.12. The molecular weight excluding hydrogens is 313 g/mol. The molecule has 0 bridgehead atoms. The standard InChI is InChI=1S/C14H19Cl2N3O2/c15-10-7-11(16)9-12(8-10)19-14(20)18-5-6-21-13-1-3-17-4-2-13/h7-9,13,17H,1-6H2,(H2,18,19,20). The zero-order chi connectivity index (χ0) is 15.1. The molecule has 0 atom stereocenters. The monoisotopic (exact) mass is 331 g/mol. The second-order valence-electron chi connectivity index (χ2n) is 4.86. The lowest BCUT2D eigenvalue weighted by atomic mass is 10.1. The molecule has 0 radical (unpaired) electrons. The van der Waals surface area contributed by atoms with Gasteiger partial charge in [-0.1, -0.05) is 23.2 Å². The van der Waals surface area contributed by atoms with Crippen molar-refractivity contribution in [3.63, 3.8) is 0 Å². The Kier molecular flexibility index (Phi) is 6.57. The minimum atomic E-state index is -0.303. The van der Waals surface area contributed by atoms with E-state index in [1.54, 1.807) is 18.2 Å². The van der Waals surface area contributed by atoms with Gasteiger partial charge in [-0.3, -0.25) is 0 Å². The number of rotatable bonds is 5. The van der Waals surface area contributed by atoms with Crippen molar-refractivity contribution in [3.05, 3.63) is 28.2 Å². The largest absolute Gasteiger partial charge is 0.376 e. The Bertz CT molecular complexity index is 459. The number of piperidine rings is 1. The van der Waals surface area contributed by atoms with E-state index in [-0.39, 0.29) is 6.03 Å². The van der Waals surface area contributed by atoms with E-state index in [1.165, 1.54) is 0 Å². The highest BCUT2D eigenvalue weighted by molar-refractivity contribution is 6.35. The topological polar surface area (TPSA) is 62.4 Å². The van der Waals surface area contributed by atoms with Crippen LogP contribution in [0.5, 0.6) is 0 Å². The van der Waals surface area contributed by atoms with Gasteiger partial charge in [-0.25, -0.2) is 4.79 Å². The highest BCUT2D eigenvalue weighted by atomic mass is 35.5. The SMILES string of the molecule is O=C(NCCOC1CCNCC1)Nc1cc(Cl)cc(Cl)c1. The van der Waals surface area contributed by atoms with Crippen LogP contribution in [0, 0.1) is 0 Å². The molecule has 1 heterocycles. The third-order valence-corrected chi connectivity index (χ3v) is 3.58. The lowest BCUT2D eigenvalue weighted by molar-refractivity contribution is 0.0358. The Morgan fingerprint density at radius 1 is 1.24 bits per heavy atom. The fourth-order valence-corrected chi connectivity index (χ4v) is 2.68. The van der Waals surface area contributed by atoms with E-state index in [0.29, 0.717) is 35.0 Å². The first-order chi connectivity index (χ1) is 10.1. The van der Waals surface area contributed by atoms with Crippen LogP contribution in [0.15, 0.2) is 18.2 Å². The number of nitrogens with one attached hydrogen (secondary N) is 3. The number of benzene rings is 1. The second kappa shape index (κ2) is 8.44. The van der Waals surface area contributed by atoms with Gasteiger partial charge >= 0.3 is 6.03 Å². The van der Waals surface area contributed by atoms with Crippen molar-refractivity contribution >= 4 is 34.9 Å². The summed E-state index contributed by atoms with van der Waals surface area (Å²) in [6.07, 6.45) is 2.34. The van der Waals surface area contributed by atoms with E-state index in [4.69, 9.17) is 27.9 Å². The van der Waals surface area contributed by atoms with Crippen LogP contribution in [0.3, 0.4) is 0 Å². The van der Waals surface area contributed by atoms with E-state index in [2.05, 4.69) is 16.0 Å². The molecule has 0 unspecified atom stereocenters. The maximum Gasteiger partial charge on any atom is 0.319 e. The molecule has 0 saturated carbocycles. The van der Waals surface area contributed by atoms with Crippen LogP contribution in [0.1, 0.15) is 12.8 Å². The van der Waals surface area contributed by atoms with E-state index >= 15 is 0 Å². The molecule has 1 fully saturated rings. The van der Waals surface area contributed by atoms with Crippen LogP contribution < -0.4 is 16.0 Å². The minimum absolute atomic E-state index is 0.294. The summed E-state index contributed by atoms with van der Waals surface area (Å²) in [5.41, 5.74) is 0.560. The first-order valence-corrected chi connectivity index (χ1v) is 7.72. The quantitative estimate of drug-likeness (QED) is 0.727. The van der Waals surface area contributed by atoms with Crippen LogP contribution in [0.4, 0.5) is 10.5 Å². The Hall–Kier alpha value is -1.01. The van der Waals surface area contributed by atoms with Crippen LogP contribution in [-0.4, -0.2) is 38.4 Å². The molecule has 21 heavy (non-hydrogen) atoms. The third-order valence-electron chi connectivity index (χ3n) is 3.15. The molecule has 7 heteroatoms. The predicted octanol–water partition coefficient (Wildman–Crippen LogP) is 2.88. The van der Waals surface area contributed by atoms with Gasteiger partial charge < -0.3 is 20.7 Å². The first-order valence-electron chi connectivity index (χ1n) is 6.97. The lowest BCUT2D eigenvalue weighted by Crippen LogP contribution is -2.35. The summed E-state index contributed by atoms with van der Waals surface area (Å²) in [6, 6.07) is 4.58. The van der Waals surface area contributed by atoms with Crippen molar-refractivity contribution in [3.8, 4) is 0 Å². The average molecular weight is 332 g/mol. The van der Waals surface area contributed by atoms with Crippen LogP contribution in [0.2, 0.25) is 10.0 Å². The van der Waals surface area contributed by atoms with Gasteiger partial charge in [0.25, 0.3) is 0 Å².